The molecule has 2 heterocycles. The van der Waals surface area contributed by atoms with Gasteiger partial charge in [0.05, 0.1) is 12.8 Å². The lowest BCUT2D eigenvalue weighted by Gasteiger charge is -2.29. The fourth-order valence-electron chi connectivity index (χ4n) is 3.22. The Balaban J connectivity index is 0.00000261. The Morgan fingerprint density at radius 1 is 1.15 bits per heavy atom. The molecule has 0 amide bonds. The number of guanidine groups is 1. The molecule has 0 atom stereocenters. The predicted octanol–water partition coefficient (Wildman–Crippen LogP) is 3.94. The summed E-state index contributed by atoms with van der Waals surface area (Å²) in [5.41, 5.74) is 1.22. The molecule has 0 unspecified atom stereocenters. The normalized spacial score (nSPS) is 15.2. The Hall–Kier alpha value is -1.54. The number of nitrogens with one attached hydrogen (secondary N) is 1. The summed E-state index contributed by atoms with van der Waals surface area (Å²) >= 11 is 0. The fourth-order valence-corrected chi connectivity index (χ4v) is 3.22. The highest BCUT2D eigenvalue weighted by molar-refractivity contribution is 14.0. The van der Waals surface area contributed by atoms with Crippen molar-refractivity contribution in [3.8, 4) is 0 Å². The number of hydrogen-bond donors (Lipinski definition) is 1. The molecule has 0 saturated carbocycles. The zero-order chi connectivity index (χ0) is 18.0. The van der Waals surface area contributed by atoms with Gasteiger partial charge in [-0.2, -0.15) is 0 Å². The summed E-state index contributed by atoms with van der Waals surface area (Å²) in [7, 11) is 2.12. The number of halogens is 1. The zero-order valence-electron chi connectivity index (χ0n) is 16.0. The van der Waals surface area contributed by atoms with Crippen molar-refractivity contribution in [2.75, 3.05) is 33.4 Å². The molecule has 0 bridgehead atoms. The van der Waals surface area contributed by atoms with Gasteiger partial charge in [0.25, 0.3) is 0 Å². The van der Waals surface area contributed by atoms with E-state index >= 15 is 0 Å². The van der Waals surface area contributed by atoms with E-state index in [0.717, 1.165) is 57.3 Å². The molecule has 1 fully saturated rings. The Labute approximate surface area is 179 Å². The number of ether oxygens (including phenoxy) is 1. The van der Waals surface area contributed by atoms with Crippen LogP contribution in [0.15, 0.2) is 58.1 Å². The Morgan fingerprint density at radius 2 is 1.93 bits per heavy atom. The standard InChI is InChI=1S/C21H29N3O2.HI/c1-24(17-19-10-14-25-15-11-19)21(22-12-9-20-8-5-13-26-20)23-16-18-6-3-2-4-7-18;/h2-8,13,19H,9-12,14-17H2,1H3,(H,22,23);1H. The predicted molar refractivity (Wildman–Crippen MR) is 120 cm³/mol. The van der Waals surface area contributed by atoms with Crippen LogP contribution < -0.4 is 5.32 Å². The van der Waals surface area contributed by atoms with E-state index in [-0.39, 0.29) is 24.0 Å². The fraction of sp³-hybridized carbons (Fsp3) is 0.476. The maximum absolute atomic E-state index is 5.48. The summed E-state index contributed by atoms with van der Waals surface area (Å²) < 4.78 is 10.9. The van der Waals surface area contributed by atoms with Gasteiger partial charge in [0.1, 0.15) is 5.76 Å². The molecular formula is C21H30IN3O2. The second-order valence-electron chi connectivity index (χ2n) is 6.82. The maximum atomic E-state index is 5.48. The van der Waals surface area contributed by atoms with E-state index in [2.05, 4.69) is 41.5 Å². The number of benzene rings is 1. The van der Waals surface area contributed by atoms with Crippen LogP contribution in [0.5, 0.6) is 0 Å². The molecule has 1 aromatic heterocycles. The van der Waals surface area contributed by atoms with Gasteiger partial charge in [0.15, 0.2) is 5.96 Å². The van der Waals surface area contributed by atoms with Crippen LogP contribution in [0.4, 0.5) is 0 Å². The SMILES string of the molecule is CN(CC1CCOCC1)C(=NCc1ccccc1)NCCc1ccco1.I. The summed E-state index contributed by atoms with van der Waals surface area (Å²) in [5.74, 6) is 2.61. The number of nitrogens with zero attached hydrogens (tertiary/aromatic N) is 2. The first kappa shape index (κ1) is 21.8. The average Bonchev–Trinajstić information content (AvgIpc) is 3.19. The molecule has 0 spiro atoms. The van der Waals surface area contributed by atoms with Gasteiger partial charge in [-0.25, -0.2) is 4.99 Å². The van der Waals surface area contributed by atoms with Crippen LogP contribution in [0, 0.1) is 5.92 Å². The van der Waals surface area contributed by atoms with Crippen molar-refractivity contribution in [2.24, 2.45) is 10.9 Å². The number of rotatable bonds is 7. The average molecular weight is 483 g/mol. The van der Waals surface area contributed by atoms with Gasteiger partial charge >= 0.3 is 0 Å². The zero-order valence-corrected chi connectivity index (χ0v) is 18.3. The van der Waals surface area contributed by atoms with Gasteiger partial charge in [-0.05, 0) is 36.5 Å². The third kappa shape index (κ3) is 7.54. The minimum absolute atomic E-state index is 0. The second-order valence-corrected chi connectivity index (χ2v) is 6.82. The van der Waals surface area contributed by atoms with E-state index in [0.29, 0.717) is 12.5 Å². The first-order valence-electron chi connectivity index (χ1n) is 9.45. The van der Waals surface area contributed by atoms with Gasteiger partial charge in [-0.15, -0.1) is 24.0 Å². The van der Waals surface area contributed by atoms with Crippen LogP contribution >= 0.6 is 24.0 Å². The molecule has 3 rings (SSSR count). The van der Waals surface area contributed by atoms with Crippen LogP contribution in [0.1, 0.15) is 24.2 Å². The van der Waals surface area contributed by atoms with Gasteiger partial charge in [0.2, 0.25) is 0 Å². The van der Waals surface area contributed by atoms with Crippen molar-refractivity contribution in [3.05, 3.63) is 60.1 Å². The minimum atomic E-state index is 0. The van der Waals surface area contributed by atoms with E-state index in [9.17, 15) is 0 Å². The molecular weight excluding hydrogens is 453 g/mol. The van der Waals surface area contributed by atoms with E-state index in [1.54, 1.807) is 6.26 Å². The number of aliphatic imine (C=N–C) groups is 1. The lowest BCUT2D eigenvalue weighted by Crippen LogP contribution is -2.43. The monoisotopic (exact) mass is 483 g/mol. The van der Waals surface area contributed by atoms with Crippen LogP contribution in [-0.2, 0) is 17.7 Å². The highest BCUT2D eigenvalue weighted by Crippen LogP contribution is 2.15. The number of hydrogen-bond acceptors (Lipinski definition) is 3. The van der Waals surface area contributed by atoms with Crippen molar-refractivity contribution in [2.45, 2.75) is 25.8 Å². The molecule has 1 aliphatic heterocycles. The smallest absolute Gasteiger partial charge is 0.194 e. The number of furan rings is 1. The van der Waals surface area contributed by atoms with Crippen molar-refractivity contribution in [1.82, 2.24) is 10.2 Å². The third-order valence-corrected chi connectivity index (χ3v) is 4.72. The van der Waals surface area contributed by atoms with E-state index < -0.39 is 0 Å². The molecule has 5 nitrogen and oxygen atoms in total. The third-order valence-electron chi connectivity index (χ3n) is 4.72. The largest absolute Gasteiger partial charge is 0.469 e. The molecule has 1 saturated heterocycles. The van der Waals surface area contributed by atoms with Gasteiger partial charge in [0, 0.05) is 39.8 Å². The van der Waals surface area contributed by atoms with Gasteiger partial charge in [-0.3, -0.25) is 0 Å². The lowest BCUT2D eigenvalue weighted by molar-refractivity contribution is 0.0610. The lowest BCUT2D eigenvalue weighted by atomic mass is 10.00. The van der Waals surface area contributed by atoms with Crippen LogP contribution in [0.25, 0.3) is 0 Å². The Kier molecular flexibility index (Phi) is 9.69. The first-order valence-corrected chi connectivity index (χ1v) is 9.45. The summed E-state index contributed by atoms with van der Waals surface area (Å²) in [6, 6.07) is 14.3. The van der Waals surface area contributed by atoms with Crippen LogP contribution in [0.2, 0.25) is 0 Å². The topological polar surface area (TPSA) is 50.0 Å². The van der Waals surface area contributed by atoms with E-state index in [1.165, 1.54) is 5.56 Å². The maximum Gasteiger partial charge on any atom is 0.194 e. The summed E-state index contributed by atoms with van der Waals surface area (Å²) in [4.78, 5) is 7.10. The minimum Gasteiger partial charge on any atom is -0.469 e. The molecule has 1 aromatic carbocycles. The van der Waals surface area contributed by atoms with Crippen molar-refractivity contribution in [3.63, 3.8) is 0 Å². The highest BCUT2D eigenvalue weighted by Gasteiger charge is 2.17. The van der Waals surface area contributed by atoms with Crippen molar-refractivity contribution in [1.29, 1.82) is 0 Å². The first-order chi connectivity index (χ1) is 12.8. The molecule has 6 heteroatoms. The van der Waals surface area contributed by atoms with Crippen LogP contribution in [-0.4, -0.2) is 44.2 Å². The van der Waals surface area contributed by atoms with Crippen molar-refractivity contribution >= 4 is 29.9 Å². The molecule has 2 aromatic rings. The highest BCUT2D eigenvalue weighted by atomic mass is 127. The summed E-state index contributed by atoms with van der Waals surface area (Å²) in [5, 5.41) is 3.50. The molecule has 27 heavy (non-hydrogen) atoms. The Morgan fingerprint density at radius 3 is 2.63 bits per heavy atom. The van der Waals surface area contributed by atoms with Crippen LogP contribution in [0.3, 0.4) is 0 Å². The summed E-state index contributed by atoms with van der Waals surface area (Å²) in [6.45, 7) is 4.24. The quantitative estimate of drug-likeness (QED) is 0.368. The molecule has 1 N–H and O–H groups in total. The Bertz CT molecular complexity index is 655. The molecule has 1 aliphatic rings. The molecule has 148 valence electrons. The molecule has 0 radical (unpaired) electrons. The summed E-state index contributed by atoms with van der Waals surface area (Å²) in [6.07, 6.45) is 4.82. The second kappa shape index (κ2) is 12.0. The van der Waals surface area contributed by atoms with Crippen molar-refractivity contribution < 1.29 is 9.15 Å². The van der Waals surface area contributed by atoms with Gasteiger partial charge < -0.3 is 19.4 Å². The molecule has 0 aliphatic carbocycles. The van der Waals surface area contributed by atoms with E-state index in [1.807, 2.05) is 18.2 Å². The van der Waals surface area contributed by atoms with E-state index in [4.69, 9.17) is 14.1 Å². The van der Waals surface area contributed by atoms with Gasteiger partial charge in [-0.1, -0.05) is 30.3 Å².